The second-order valence-electron chi connectivity index (χ2n) is 7.20. The van der Waals surface area contributed by atoms with Crippen LogP contribution in [0.15, 0.2) is 54.9 Å². The van der Waals surface area contributed by atoms with Gasteiger partial charge in [-0.15, -0.1) is 0 Å². The van der Waals surface area contributed by atoms with E-state index in [-0.39, 0.29) is 5.25 Å². The highest BCUT2D eigenvalue weighted by atomic mass is 35.5. The molecule has 0 radical (unpaired) electrons. The SMILES string of the molecule is CS(=O)(=O)C1CCN(c2cc(-c3ccc(Cl)cc3)nc(-c3cccnc3)n2)CC1. The number of anilines is 1. The molecule has 150 valence electrons. The summed E-state index contributed by atoms with van der Waals surface area (Å²) in [7, 11) is -3.02. The van der Waals surface area contributed by atoms with E-state index in [2.05, 4.69) is 9.88 Å². The Hall–Kier alpha value is -2.51. The Morgan fingerprint density at radius 2 is 1.76 bits per heavy atom. The number of piperidine rings is 1. The lowest BCUT2D eigenvalue weighted by Crippen LogP contribution is -2.39. The van der Waals surface area contributed by atoms with Crippen LogP contribution in [0.5, 0.6) is 0 Å². The number of benzene rings is 1. The zero-order valence-corrected chi connectivity index (χ0v) is 17.6. The van der Waals surface area contributed by atoms with Crippen molar-refractivity contribution in [1.82, 2.24) is 15.0 Å². The van der Waals surface area contributed by atoms with Crippen LogP contribution in [0, 0.1) is 0 Å². The van der Waals surface area contributed by atoms with Crippen molar-refractivity contribution < 1.29 is 8.42 Å². The maximum Gasteiger partial charge on any atom is 0.163 e. The Morgan fingerprint density at radius 1 is 1.03 bits per heavy atom. The number of hydrogen-bond acceptors (Lipinski definition) is 6. The van der Waals surface area contributed by atoms with Gasteiger partial charge >= 0.3 is 0 Å². The molecule has 29 heavy (non-hydrogen) atoms. The average molecular weight is 429 g/mol. The first kappa shape index (κ1) is 19.8. The smallest absolute Gasteiger partial charge is 0.163 e. The molecule has 0 amide bonds. The maximum atomic E-state index is 11.9. The molecular weight excluding hydrogens is 408 g/mol. The van der Waals surface area contributed by atoms with Crippen LogP contribution in [0.1, 0.15) is 12.8 Å². The van der Waals surface area contributed by atoms with Crippen molar-refractivity contribution in [2.24, 2.45) is 0 Å². The summed E-state index contributed by atoms with van der Waals surface area (Å²) in [6, 6.07) is 13.2. The molecule has 3 aromatic rings. The second kappa shape index (κ2) is 8.08. The summed E-state index contributed by atoms with van der Waals surface area (Å²) in [6.07, 6.45) is 5.96. The van der Waals surface area contributed by atoms with Crippen molar-refractivity contribution in [2.45, 2.75) is 18.1 Å². The van der Waals surface area contributed by atoms with E-state index in [0.717, 1.165) is 22.6 Å². The Bertz CT molecular complexity index is 1100. The van der Waals surface area contributed by atoms with E-state index < -0.39 is 9.84 Å². The van der Waals surface area contributed by atoms with E-state index in [1.807, 2.05) is 42.5 Å². The Labute approximate surface area is 175 Å². The highest BCUT2D eigenvalue weighted by Crippen LogP contribution is 2.29. The minimum Gasteiger partial charge on any atom is -0.356 e. The standard InChI is InChI=1S/C21H21ClN4O2S/c1-29(27,28)18-8-11-26(12-9-18)20-13-19(15-4-6-17(22)7-5-15)24-21(25-20)16-3-2-10-23-14-16/h2-7,10,13-14,18H,8-9,11-12H2,1H3. The van der Waals surface area contributed by atoms with Crippen molar-refractivity contribution in [1.29, 1.82) is 0 Å². The van der Waals surface area contributed by atoms with Gasteiger partial charge in [0.25, 0.3) is 0 Å². The van der Waals surface area contributed by atoms with E-state index in [1.165, 1.54) is 6.26 Å². The fourth-order valence-corrected chi connectivity index (χ4v) is 4.70. The molecule has 0 N–H and O–H groups in total. The van der Waals surface area contributed by atoms with Gasteiger partial charge in [0.2, 0.25) is 0 Å². The lowest BCUT2D eigenvalue weighted by atomic mass is 10.1. The minimum atomic E-state index is -3.02. The molecule has 1 saturated heterocycles. The summed E-state index contributed by atoms with van der Waals surface area (Å²) < 4.78 is 23.7. The predicted octanol–water partition coefficient (Wildman–Crippen LogP) is 3.87. The number of halogens is 1. The van der Waals surface area contributed by atoms with E-state index in [1.54, 1.807) is 12.4 Å². The molecule has 1 aromatic carbocycles. The fraction of sp³-hybridized carbons (Fsp3) is 0.286. The van der Waals surface area contributed by atoms with Crippen molar-refractivity contribution in [3.63, 3.8) is 0 Å². The minimum absolute atomic E-state index is 0.283. The molecule has 0 saturated carbocycles. The third-order valence-electron chi connectivity index (χ3n) is 5.14. The van der Waals surface area contributed by atoms with Gasteiger partial charge in [0.1, 0.15) is 15.7 Å². The second-order valence-corrected chi connectivity index (χ2v) is 9.96. The van der Waals surface area contributed by atoms with Crippen LogP contribution in [0.2, 0.25) is 5.02 Å². The van der Waals surface area contributed by atoms with Crippen molar-refractivity contribution >= 4 is 27.3 Å². The first-order chi connectivity index (χ1) is 13.9. The summed E-state index contributed by atoms with van der Waals surface area (Å²) in [5.41, 5.74) is 2.56. The van der Waals surface area contributed by atoms with Gasteiger partial charge in [0, 0.05) is 54.0 Å². The molecule has 0 unspecified atom stereocenters. The number of pyridine rings is 1. The Morgan fingerprint density at radius 3 is 2.38 bits per heavy atom. The molecule has 6 nitrogen and oxygen atoms in total. The van der Waals surface area contributed by atoms with E-state index in [4.69, 9.17) is 21.6 Å². The normalized spacial score (nSPS) is 15.4. The van der Waals surface area contributed by atoms with Crippen molar-refractivity contribution in [2.75, 3.05) is 24.2 Å². The van der Waals surface area contributed by atoms with Crippen molar-refractivity contribution in [3.8, 4) is 22.6 Å². The Kier molecular flexibility index (Phi) is 5.52. The predicted molar refractivity (Wildman–Crippen MR) is 116 cm³/mol. The molecule has 1 fully saturated rings. The monoisotopic (exact) mass is 428 g/mol. The third-order valence-corrected chi connectivity index (χ3v) is 7.08. The molecule has 0 bridgehead atoms. The van der Waals surface area contributed by atoms with E-state index in [9.17, 15) is 8.42 Å². The van der Waals surface area contributed by atoms with Gasteiger partial charge in [-0.2, -0.15) is 0 Å². The number of aromatic nitrogens is 3. The van der Waals surface area contributed by atoms with Crippen LogP contribution < -0.4 is 4.90 Å². The molecule has 2 aromatic heterocycles. The first-order valence-electron chi connectivity index (χ1n) is 9.39. The van der Waals surface area contributed by atoms with Crippen LogP contribution >= 0.6 is 11.6 Å². The van der Waals surface area contributed by atoms with Crippen LogP contribution in [0.3, 0.4) is 0 Å². The Balaban J connectivity index is 1.72. The topological polar surface area (TPSA) is 76.1 Å². The fourth-order valence-electron chi connectivity index (χ4n) is 3.50. The maximum absolute atomic E-state index is 11.9. The molecule has 1 aliphatic heterocycles. The number of nitrogens with zero attached hydrogens (tertiary/aromatic N) is 4. The average Bonchev–Trinajstić information content (AvgIpc) is 2.74. The number of hydrogen-bond donors (Lipinski definition) is 0. The van der Waals surface area contributed by atoms with E-state index >= 15 is 0 Å². The van der Waals surface area contributed by atoms with Gasteiger partial charge in [-0.05, 0) is 37.1 Å². The van der Waals surface area contributed by atoms with E-state index in [0.29, 0.717) is 36.8 Å². The molecule has 3 heterocycles. The molecule has 4 rings (SSSR count). The van der Waals surface area contributed by atoms with Gasteiger partial charge in [-0.25, -0.2) is 18.4 Å². The van der Waals surface area contributed by atoms with Crippen LogP contribution in [0.4, 0.5) is 5.82 Å². The molecule has 0 aliphatic carbocycles. The van der Waals surface area contributed by atoms with Gasteiger partial charge < -0.3 is 4.90 Å². The molecule has 1 aliphatic rings. The third kappa shape index (κ3) is 4.57. The highest BCUT2D eigenvalue weighted by molar-refractivity contribution is 7.91. The zero-order chi connectivity index (χ0) is 20.4. The molecule has 8 heteroatoms. The summed E-state index contributed by atoms with van der Waals surface area (Å²) in [5.74, 6) is 1.38. The molecule has 0 atom stereocenters. The van der Waals surface area contributed by atoms with Crippen LogP contribution in [-0.4, -0.2) is 48.0 Å². The highest BCUT2D eigenvalue weighted by Gasteiger charge is 2.27. The van der Waals surface area contributed by atoms with Gasteiger partial charge in [-0.1, -0.05) is 23.7 Å². The van der Waals surface area contributed by atoms with Gasteiger partial charge in [0.15, 0.2) is 5.82 Å². The van der Waals surface area contributed by atoms with Gasteiger partial charge in [0.05, 0.1) is 10.9 Å². The summed E-state index contributed by atoms with van der Waals surface area (Å²) >= 11 is 6.03. The lowest BCUT2D eigenvalue weighted by Gasteiger charge is -2.32. The quantitative estimate of drug-likeness (QED) is 0.627. The summed E-state index contributed by atoms with van der Waals surface area (Å²) in [5, 5.41) is 0.382. The van der Waals surface area contributed by atoms with Crippen LogP contribution in [-0.2, 0) is 9.84 Å². The molecule has 0 spiro atoms. The number of sulfone groups is 1. The molecular formula is C21H21ClN4O2S. The van der Waals surface area contributed by atoms with Crippen molar-refractivity contribution in [3.05, 3.63) is 59.9 Å². The number of rotatable bonds is 4. The first-order valence-corrected chi connectivity index (χ1v) is 11.7. The van der Waals surface area contributed by atoms with Crippen LogP contribution in [0.25, 0.3) is 22.6 Å². The summed E-state index contributed by atoms with van der Waals surface area (Å²) in [4.78, 5) is 15.8. The summed E-state index contributed by atoms with van der Waals surface area (Å²) in [6.45, 7) is 1.28. The zero-order valence-electron chi connectivity index (χ0n) is 16.0. The van der Waals surface area contributed by atoms with Gasteiger partial charge in [-0.3, -0.25) is 4.98 Å². The largest absolute Gasteiger partial charge is 0.356 e. The lowest BCUT2D eigenvalue weighted by molar-refractivity contribution is 0.532.